The predicted molar refractivity (Wildman–Crippen MR) is 283 cm³/mol. The van der Waals surface area contributed by atoms with Crippen LogP contribution in [0.2, 0.25) is 0 Å². The van der Waals surface area contributed by atoms with Crippen molar-refractivity contribution in [2.75, 3.05) is 9.80 Å². The average Bonchev–Trinajstić information content (AvgIpc) is 3.96. The Hall–Kier alpha value is -6.52. The molecule has 0 spiro atoms. The molecule has 344 valence electrons. The van der Waals surface area contributed by atoms with Gasteiger partial charge >= 0.3 is 0 Å². The molecule has 0 aliphatic carbocycles. The van der Waals surface area contributed by atoms with E-state index in [1.54, 1.807) is 0 Å². The number of hydrogen-bond donors (Lipinski definition) is 0. The van der Waals surface area contributed by atoms with Crippen LogP contribution in [0, 0.1) is 18.8 Å². The number of rotatable bonds is 8. The molecule has 0 atom stereocenters. The summed E-state index contributed by atoms with van der Waals surface area (Å²) in [6, 6.07) is 69.9. The number of hydrogen-bond acceptors (Lipinski definition) is 3. The van der Waals surface area contributed by atoms with Crippen molar-refractivity contribution in [1.29, 1.82) is 0 Å². The van der Waals surface area contributed by atoms with Gasteiger partial charge in [0.1, 0.15) is 17.2 Å². The van der Waals surface area contributed by atoms with E-state index in [1.807, 2.05) is 6.20 Å². The Morgan fingerprint density at radius 1 is 0.485 bits per heavy atom. The fourth-order valence-electron chi connectivity index (χ4n) is 9.40. The largest absolute Gasteiger partial charge is 0.500 e. The number of pyridine rings is 1. The van der Waals surface area contributed by atoms with E-state index in [0.717, 1.165) is 61.7 Å². The van der Waals surface area contributed by atoms with Crippen LogP contribution < -0.4 is 14.3 Å². The first-order chi connectivity index (χ1) is 32.1. The van der Waals surface area contributed by atoms with Gasteiger partial charge in [-0.3, -0.25) is 0 Å². The third kappa shape index (κ3) is 8.52. The number of para-hydroxylation sites is 2. The van der Waals surface area contributed by atoms with Crippen molar-refractivity contribution < 1.29 is 21.1 Å². The van der Waals surface area contributed by atoms with E-state index in [2.05, 4.69) is 278 Å². The van der Waals surface area contributed by atoms with E-state index < -0.39 is 0 Å². The van der Waals surface area contributed by atoms with Crippen LogP contribution in [0.15, 0.2) is 188 Å². The summed E-state index contributed by atoms with van der Waals surface area (Å²) < 4.78 is 2.55. The van der Waals surface area contributed by atoms with Crippen LogP contribution in [0.25, 0.3) is 38.8 Å². The maximum absolute atomic E-state index is 5.09. The summed E-state index contributed by atoms with van der Waals surface area (Å²) in [5.74, 6) is 0.864. The molecule has 3 heterocycles. The van der Waals surface area contributed by atoms with Gasteiger partial charge in [0.2, 0.25) is 0 Å². The average molecular weight is 1070 g/mol. The van der Waals surface area contributed by atoms with Crippen molar-refractivity contribution in [3.8, 4) is 16.9 Å². The van der Waals surface area contributed by atoms with Crippen molar-refractivity contribution in [1.82, 2.24) is 14.0 Å². The molecular weight excluding hydrogens is 1010 g/mol. The third-order valence-corrected chi connectivity index (χ3v) is 13.2. The molecule has 5 nitrogen and oxygen atoms in total. The summed E-state index contributed by atoms with van der Waals surface area (Å²) >= 11 is 0. The van der Waals surface area contributed by atoms with Crippen LogP contribution in [0.5, 0.6) is 0 Å². The van der Waals surface area contributed by atoms with Gasteiger partial charge in [0.05, 0.1) is 0 Å². The van der Waals surface area contributed by atoms with Crippen LogP contribution in [0.3, 0.4) is 0 Å². The zero-order valence-electron chi connectivity index (χ0n) is 40.5. The SMILES string of the molecule is CC(C)(C)c1cc(N2C=CN(c3cccc(C(C)(C)C)c3)[CH-]2)[c-]c([N+](c2[c-]c3c(cc2)c2cc(-c4ccccc4)ccc2n3-c2cc(C(C)(C)C)ccn2)(c2ccccc2)c2ccccc2)c1.[Pt]. The first-order valence-corrected chi connectivity index (χ1v) is 23.4. The molecule has 1 aliphatic heterocycles. The topological polar surface area (TPSA) is 24.3 Å². The van der Waals surface area contributed by atoms with Gasteiger partial charge in [0, 0.05) is 74.1 Å². The Morgan fingerprint density at radius 3 is 1.75 bits per heavy atom. The van der Waals surface area contributed by atoms with Crippen LogP contribution in [-0.2, 0) is 37.3 Å². The maximum Gasteiger partial charge on any atom is 0.144 e. The van der Waals surface area contributed by atoms with Gasteiger partial charge in [-0.15, -0.1) is 35.8 Å². The van der Waals surface area contributed by atoms with E-state index in [9.17, 15) is 0 Å². The van der Waals surface area contributed by atoms with Crippen LogP contribution >= 0.6 is 0 Å². The molecule has 0 amide bonds. The molecule has 0 saturated heterocycles. The minimum absolute atomic E-state index is 0. The second-order valence-corrected chi connectivity index (χ2v) is 21.0. The molecule has 0 N–H and O–H groups in total. The number of nitrogens with zero attached hydrogens (tertiary/aromatic N) is 5. The molecule has 0 unspecified atom stereocenters. The van der Waals surface area contributed by atoms with E-state index in [0.29, 0.717) is 0 Å². The molecule has 2 aromatic heterocycles. The Morgan fingerprint density at radius 2 is 1.10 bits per heavy atom. The number of aromatic nitrogens is 2. The molecule has 0 radical (unpaired) electrons. The quantitative estimate of drug-likeness (QED) is 0.112. The fourth-order valence-corrected chi connectivity index (χ4v) is 9.40. The summed E-state index contributed by atoms with van der Waals surface area (Å²) in [6.45, 7) is 22.6. The summed E-state index contributed by atoms with van der Waals surface area (Å²) in [5.41, 5.74) is 14.0. The molecule has 0 saturated carbocycles. The van der Waals surface area contributed by atoms with Gasteiger partial charge in [0.15, 0.2) is 0 Å². The molecule has 10 rings (SSSR count). The first kappa shape index (κ1) is 46.6. The van der Waals surface area contributed by atoms with Crippen molar-refractivity contribution in [2.45, 2.75) is 78.6 Å². The number of anilines is 2. The normalized spacial score (nSPS) is 13.4. The smallest absolute Gasteiger partial charge is 0.144 e. The second kappa shape index (κ2) is 17.9. The van der Waals surface area contributed by atoms with E-state index in [4.69, 9.17) is 4.98 Å². The van der Waals surface area contributed by atoms with Crippen molar-refractivity contribution in [3.63, 3.8) is 0 Å². The van der Waals surface area contributed by atoms with Crippen molar-refractivity contribution in [3.05, 3.63) is 224 Å². The van der Waals surface area contributed by atoms with Gasteiger partial charge in [-0.2, -0.15) is 6.07 Å². The monoisotopic (exact) mass is 1070 g/mol. The summed E-state index contributed by atoms with van der Waals surface area (Å²) in [4.78, 5) is 9.50. The molecule has 9 aromatic rings. The van der Waals surface area contributed by atoms with Gasteiger partial charge < -0.3 is 14.4 Å². The molecule has 0 fully saturated rings. The minimum Gasteiger partial charge on any atom is -0.500 e. The fraction of sp³-hybridized carbons (Fsp3) is 0.194. The molecular formula is C62H59N5Pt-2. The van der Waals surface area contributed by atoms with Crippen LogP contribution in [0.1, 0.15) is 79.0 Å². The summed E-state index contributed by atoms with van der Waals surface area (Å²) in [6.07, 6.45) is 6.23. The molecule has 68 heavy (non-hydrogen) atoms. The number of fused-ring (bicyclic) bond motifs is 3. The zero-order valence-corrected chi connectivity index (χ0v) is 42.8. The molecule has 7 aromatic carbocycles. The Bertz CT molecular complexity index is 3240. The number of quaternary nitrogens is 1. The maximum atomic E-state index is 5.09. The Kier molecular flexibility index (Phi) is 12.2. The second-order valence-electron chi connectivity index (χ2n) is 21.0. The first-order valence-electron chi connectivity index (χ1n) is 23.4. The van der Waals surface area contributed by atoms with Crippen LogP contribution in [-0.4, -0.2) is 9.55 Å². The molecule has 0 bridgehead atoms. The standard InChI is InChI=1S/C62H59N5.Pt/c1-60(2,3)46-22-19-23-49(37-46)64-34-35-65(43-64)50-38-48(62(7,8)9)39-54(41-50)67(51-24-15-11-16-25-51,52-26-17-12-18-27-52)53-29-30-55-56-36-45(44-20-13-10-14-21-44)28-31-57(56)66(58(55)42-53)59-40-47(32-33-63-59)61(4,5)6;/h10-40,43H,1-9H3;/q-2;. The molecule has 1 aliphatic rings. The van der Waals surface area contributed by atoms with Gasteiger partial charge in [-0.25, -0.2) is 9.47 Å². The van der Waals surface area contributed by atoms with Gasteiger partial charge in [0.25, 0.3) is 0 Å². The summed E-state index contributed by atoms with van der Waals surface area (Å²) in [7, 11) is 0. The Labute approximate surface area is 417 Å². The summed E-state index contributed by atoms with van der Waals surface area (Å²) in [5, 5.41) is 2.26. The third-order valence-electron chi connectivity index (χ3n) is 13.2. The van der Waals surface area contributed by atoms with E-state index in [1.165, 1.54) is 27.8 Å². The van der Waals surface area contributed by atoms with Crippen molar-refractivity contribution >= 4 is 55.9 Å². The van der Waals surface area contributed by atoms with E-state index in [-0.39, 0.29) is 41.8 Å². The Balaban J connectivity index is 0.00000578. The van der Waals surface area contributed by atoms with Crippen molar-refractivity contribution in [2.24, 2.45) is 0 Å². The van der Waals surface area contributed by atoms with Gasteiger partial charge in [-0.1, -0.05) is 177 Å². The zero-order chi connectivity index (χ0) is 46.7. The van der Waals surface area contributed by atoms with E-state index >= 15 is 0 Å². The van der Waals surface area contributed by atoms with Gasteiger partial charge in [-0.05, 0) is 86.6 Å². The minimum atomic E-state index is -0.188. The van der Waals surface area contributed by atoms with Crippen LogP contribution in [0.4, 0.5) is 34.1 Å². The predicted octanol–water partition coefficient (Wildman–Crippen LogP) is 16.6. The number of benzene rings is 7. The molecule has 6 heteroatoms.